The van der Waals surface area contributed by atoms with Gasteiger partial charge in [0, 0.05) is 39.7 Å². The quantitative estimate of drug-likeness (QED) is 0.452. The standard InChI is InChI=1S/C24H28Cl2N2O2S/c1-17(24(30)27-20-7-5-6-8-20)28(16-18-11-12-19(25)15-22(18)26)23(29)13-14-31-21-9-3-2-4-10-21/h2-4,9-12,15,17,20H,5-8,13-14,16H2,1H3,(H,27,30). The van der Waals surface area contributed by atoms with Gasteiger partial charge in [0.15, 0.2) is 0 Å². The molecule has 3 rings (SSSR count). The maximum absolute atomic E-state index is 13.2. The summed E-state index contributed by atoms with van der Waals surface area (Å²) in [5, 5.41) is 4.15. The Morgan fingerprint density at radius 1 is 1.13 bits per heavy atom. The van der Waals surface area contributed by atoms with Crippen LogP contribution < -0.4 is 5.32 Å². The molecule has 1 unspecified atom stereocenters. The van der Waals surface area contributed by atoms with E-state index in [9.17, 15) is 9.59 Å². The molecule has 0 aromatic heterocycles. The molecule has 0 radical (unpaired) electrons. The summed E-state index contributed by atoms with van der Waals surface area (Å²) in [5.74, 6) is 0.467. The van der Waals surface area contributed by atoms with E-state index in [0.29, 0.717) is 22.2 Å². The molecule has 1 N–H and O–H groups in total. The SMILES string of the molecule is CC(C(=O)NC1CCCC1)N(Cc1ccc(Cl)cc1Cl)C(=O)CCSc1ccccc1. The second kappa shape index (κ2) is 11.8. The van der Waals surface area contributed by atoms with Gasteiger partial charge in [-0.05, 0) is 49.6 Å². The Labute approximate surface area is 198 Å². The average Bonchev–Trinajstić information content (AvgIpc) is 3.26. The lowest BCUT2D eigenvalue weighted by molar-refractivity contribution is -0.140. The Hall–Kier alpha value is -1.69. The number of amides is 2. The number of halogens is 2. The predicted octanol–water partition coefficient (Wildman–Crippen LogP) is 5.95. The molecule has 1 aliphatic carbocycles. The third-order valence-corrected chi connectivity index (χ3v) is 7.15. The lowest BCUT2D eigenvalue weighted by Gasteiger charge is -2.30. The average molecular weight is 479 g/mol. The number of nitrogens with zero attached hydrogens (tertiary/aromatic N) is 1. The zero-order valence-corrected chi connectivity index (χ0v) is 20.0. The zero-order valence-electron chi connectivity index (χ0n) is 17.7. The molecule has 0 heterocycles. The van der Waals surface area contributed by atoms with Crippen LogP contribution in [0.15, 0.2) is 53.4 Å². The number of rotatable bonds is 9. The monoisotopic (exact) mass is 478 g/mol. The molecule has 2 aromatic rings. The summed E-state index contributed by atoms with van der Waals surface area (Å²) >= 11 is 14.0. The van der Waals surface area contributed by atoms with Crippen LogP contribution in [0.2, 0.25) is 10.0 Å². The van der Waals surface area contributed by atoms with Gasteiger partial charge in [-0.3, -0.25) is 9.59 Å². The van der Waals surface area contributed by atoms with Gasteiger partial charge in [0.25, 0.3) is 0 Å². The van der Waals surface area contributed by atoms with Crippen LogP contribution in [0, 0.1) is 0 Å². The van der Waals surface area contributed by atoms with Gasteiger partial charge in [-0.1, -0.05) is 60.3 Å². The van der Waals surface area contributed by atoms with E-state index in [2.05, 4.69) is 5.32 Å². The van der Waals surface area contributed by atoms with Crippen LogP contribution in [0.1, 0.15) is 44.6 Å². The topological polar surface area (TPSA) is 49.4 Å². The highest BCUT2D eigenvalue weighted by molar-refractivity contribution is 7.99. The fraction of sp³-hybridized carbons (Fsp3) is 0.417. The first-order valence-corrected chi connectivity index (χ1v) is 12.4. The van der Waals surface area contributed by atoms with Crippen molar-refractivity contribution in [3.05, 3.63) is 64.1 Å². The van der Waals surface area contributed by atoms with Gasteiger partial charge in [0.1, 0.15) is 6.04 Å². The Morgan fingerprint density at radius 2 is 1.84 bits per heavy atom. The van der Waals surface area contributed by atoms with Gasteiger partial charge in [-0.15, -0.1) is 11.8 Å². The second-order valence-electron chi connectivity index (χ2n) is 7.83. The summed E-state index contributed by atoms with van der Waals surface area (Å²) in [7, 11) is 0. The maximum atomic E-state index is 13.2. The smallest absolute Gasteiger partial charge is 0.242 e. The van der Waals surface area contributed by atoms with Gasteiger partial charge in [-0.25, -0.2) is 0 Å². The summed E-state index contributed by atoms with van der Waals surface area (Å²) in [4.78, 5) is 28.8. The summed E-state index contributed by atoms with van der Waals surface area (Å²) in [6.07, 6.45) is 4.62. The van der Waals surface area contributed by atoms with Crippen LogP contribution in [0.25, 0.3) is 0 Å². The number of thioether (sulfide) groups is 1. The lowest BCUT2D eigenvalue weighted by atomic mass is 10.1. The highest BCUT2D eigenvalue weighted by Gasteiger charge is 2.28. The number of nitrogens with one attached hydrogen (secondary N) is 1. The molecule has 1 atom stereocenters. The van der Waals surface area contributed by atoms with Crippen LogP contribution in [-0.2, 0) is 16.1 Å². The van der Waals surface area contributed by atoms with Crippen molar-refractivity contribution in [2.24, 2.45) is 0 Å². The number of hydrogen-bond donors (Lipinski definition) is 1. The van der Waals surface area contributed by atoms with Gasteiger partial charge < -0.3 is 10.2 Å². The van der Waals surface area contributed by atoms with Gasteiger partial charge in [-0.2, -0.15) is 0 Å². The van der Waals surface area contributed by atoms with E-state index < -0.39 is 6.04 Å². The lowest BCUT2D eigenvalue weighted by Crippen LogP contribution is -2.49. The highest BCUT2D eigenvalue weighted by Crippen LogP contribution is 2.25. The minimum atomic E-state index is -0.582. The molecule has 2 amide bonds. The molecule has 0 bridgehead atoms. The minimum Gasteiger partial charge on any atom is -0.352 e. The van der Waals surface area contributed by atoms with Crippen molar-refractivity contribution < 1.29 is 9.59 Å². The fourth-order valence-electron chi connectivity index (χ4n) is 3.72. The maximum Gasteiger partial charge on any atom is 0.242 e. The van der Waals surface area contributed by atoms with Crippen LogP contribution in [0.5, 0.6) is 0 Å². The van der Waals surface area contributed by atoms with Crippen LogP contribution in [0.3, 0.4) is 0 Å². The van der Waals surface area contributed by atoms with E-state index in [1.165, 1.54) is 0 Å². The van der Waals surface area contributed by atoms with E-state index >= 15 is 0 Å². The van der Waals surface area contributed by atoms with Crippen molar-refractivity contribution in [1.29, 1.82) is 0 Å². The summed E-state index contributed by atoms with van der Waals surface area (Å²) in [5.41, 5.74) is 0.774. The predicted molar refractivity (Wildman–Crippen MR) is 129 cm³/mol. The zero-order chi connectivity index (χ0) is 22.2. The fourth-order valence-corrected chi connectivity index (χ4v) is 5.05. The molecule has 4 nitrogen and oxygen atoms in total. The van der Waals surface area contributed by atoms with Crippen molar-refractivity contribution in [3.63, 3.8) is 0 Å². The third-order valence-electron chi connectivity index (χ3n) is 5.55. The summed E-state index contributed by atoms with van der Waals surface area (Å²) in [6, 6.07) is 14.8. The Morgan fingerprint density at radius 3 is 2.52 bits per heavy atom. The Bertz CT molecular complexity index is 888. The van der Waals surface area contributed by atoms with E-state index in [0.717, 1.165) is 36.1 Å². The Balaban J connectivity index is 1.68. The van der Waals surface area contributed by atoms with Crippen LogP contribution in [-0.4, -0.2) is 34.6 Å². The molecular weight excluding hydrogens is 451 g/mol. The minimum absolute atomic E-state index is 0.0662. The number of benzene rings is 2. The number of carbonyl (C=O) groups excluding carboxylic acids is 2. The van der Waals surface area contributed by atoms with Gasteiger partial charge in [0.2, 0.25) is 11.8 Å². The molecule has 1 aliphatic rings. The van der Waals surface area contributed by atoms with Gasteiger partial charge in [0.05, 0.1) is 0 Å². The first-order valence-electron chi connectivity index (χ1n) is 10.7. The van der Waals surface area contributed by atoms with E-state index in [4.69, 9.17) is 23.2 Å². The molecular formula is C24H28Cl2N2O2S. The van der Waals surface area contributed by atoms with Crippen molar-refractivity contribution in [2.45, 2.75) is 62.6 Å². The summed E-state index contributed by atoms with van der Waals surface area (Å²) < 4.78 is 0. The molecule has 166 valence electrons. The van der Waals surface area contributed by atoms with Crippen LogP contribution >= 0.6 is 35.0 Å². The van der Waals surface area contributed by atoms with Crippen molar-refractivity contribution >= 4 is 46.8 Å². The third kappa shape index (κ3) is 7.16. The molecule has 7 heteroatoms. The molecule has 0 saturated heterocycles. The first kappa shape index (κ1) is 24.0. The van der Waals surface area contributed by atoms with E-state index in [1.807, 2.05) is 36.4 Å². The molecule has 2 aromatic carbocycles. The van der Waals surface area contributed by atoms with Crippen LogP contribution in [0.4, 0.5) is 0 Å². The van der Waals surface area contributed by atoms with E-state index in [1.54, 1.807) is 35.7 Å². The molecule has 1 saturated carbocycles. The first-order chi connectivity index (χ1) is 14.9. The van der Waals surface area contributed by atoms with Crippen molar-refractivity contribution in [2.75, 3.05) is 5.75 Å². The summed E-state index contributed by atoms with van der Waals surface area (Å²) in [6.45, 7) is 2.06. The number of hydrogen-bond acceptors (Lipinski definition) is 3. The number of carbonyl (C=O) groups is 2. The highest BCUT2D eigenvalue weighted by atomic mass is 35.5. The molecule has 0 aliphatic heterocycles. The second-order valence-corrected chi connectivity index (χ2v) is 9.85. The van der Waals surface area contributed by atoms with Gasteiger partial charge >= 0.3 is 0 Å². The normalized spacial score (nSPS) is 14.9. The molecule has 31 heavy (non-hydrogen) atoms. The molecule has 1 fully saturated rings. The largest absolute Gasteiger partial charge is 0.352 e. The van der Waals surface area contributed by atoms with E-state index in [-0.39, 0.29) is 24.4 Å². The van der Waals surface area contributed by atoms with Crippen molar-refractivity contribution in [3.8, 4) is 0 Å². The molecule has 0 spiro atoms. The Kier molecular flexibility index (Phi) is 9.12. The van der Waals surface area contributed by atoms with Crippen molar-refractivity contribution in [1.82, 2.24) is 10.2 Å².